The number of hydrogen-bond acceptors (Lipinski definition) is 2. The van der Waals surface area contributed by atoms with Gasteiger partial charge in [0.15, 0.2) is 5.11 Å². The number of thiocarbonyl (C=S) groups is 1. The van der Waals surface area contributed by atoms with Gasteiger partial charge >= 0.3 is 0 Å². The number of nitrogens with one attached hydrogen (secondary N) is 3. The summed E-state index contributed by atoms with van der Waals surface area (Å²) < 4.78 is 0. The van der Waals surface area contributed by atoms with Gasteiger partial charge in [-0.15, -0.1) is 0 Å². The minimum Gasteiger partial charge on any atom is -0.351 e. The fraction of sp³-hybridized carbons (Fsp3) is 0.200. The summed E-state index contributed by atoms with van der Waals surface area (Å²) in [6.07, 6.45) is 0. The summed E-state index contributed by atoms with van der Waals surface area (Å²) in [6, 6.07) is 10.6. The van der Waals surface area contributed by atoms with Crippen molar-refractivity contribution in [1.82, 2.24) is 10.6 Å². The maximum atomic E-state index is 13.1. The first kappa shape index (κ1) is 19.7. The molecule has 4 nitrogen and oxygen atoms in total. The van der Waals surface area contributed by atoms with Gasteiger partial charge in [-0.1, -0.05) is 47.0 Å². The van der Waals surface area contributed by atoms with Crippen molar-refractivity contribution in [3.8, 4) is 0 Å². The smallest absolute Gasteiger partial charge is 0.255 e. The zero-order valence-corrected chi connectivity index (χ0v) is 17.4. The van der Waals surface area contributed by atoms with Gasteiger partial charge in [-0.3, -0.25) is 4.79 Å². The first-order chi connectivity index (χ1) is 12.8. The zero-order valence-electron chi connectivity index (χ0n) is 15.1. The second-order valence-corrected chi connectivity index (χ2v) is 7.70. The second kappa shape index (κ2) is 7.89. The van der Waals surface area contributed by atoms with E-state index in [9.17, 15) is 4.79 Å². The molecule has 0 aromatic heterocycles. The van der Waals surface area contributed by atoms with Crippen LogP contribution >= 0.6 is 35.4 Å². The summed E-state index contributed by atoms with van der Waals surface area (Å²) >= 11 is 18.1. The molecule has 2 aromatic carbocycles. The predicted molar refractivity (Wildman–Crippen MR) is 115 cm³/mol. The molecule has 0 radical (unpaired) electrons. The van der Waals surface area contributed by atoms with Gasteiger partial charge in [0.2, 0.25) is 0 Å². The minimum absolute atomic E-state index is 0.247. The molecule has 0 bridgehead atoms. The Morgan fingerprint density at radius 3 is 2.41 bits per heavy atom. The lowest BCUT2D eigenvalue weighted by atomic mass is 9.94. The maximum absolute atomic E-state index is 13.1. The fourth-order valence-corrected chi connectivity index (χ4v) is 4.03. The average Bonchev–Trinajstić information content (AvgIpc) is 2.56. The number of halogens is 2. The van der Waals surface area contributed by atoms with Crippen LogP contribution < -0.4 is 16.0 Å². The van der Waals surface area contributed by atoms with Crippen molar-refractivity contribution in [3.63, 3.8) is 0 Å². The van der Waals surface area contributed by atoms with Crippen LogP contribution in [0.2, 0.25) is 10.0 Å². The van der Waals surface area contributed by atoms with E-state index in [-0.39, 0.29) is 5.91 Å². The highest BCUT2D eigenvalue weighted by Gasteiger charge is 2.32. The molecule has 0 spiro atoms. The highest BCUT2D eigenvalue weighted by atomic mass is 35.5. The fourth-order valence-electron chi connectivity index (χ4n) is 3.14. The second-order valence-electron chi connectivity index (χ2n) is 6.48. The van der Waals surface area contributed by atoms with Gasteiger partial charge < -0.3 is 16.0 Å². The van der Waals surface area contributed by atoms with Gasteiger partial charge in [-0.2, -0.15) is 0 Å². The number of anilines is 1. The molecule has 0 aliphatic carbocycles. The molecule has 27 heavy (non-hydrogen) atoms. The third kappa shape index (κ3) is 4.10. The standard InChI is InChI=1S/C20H19Cl2N3OS/c1-10-7-8-15(11(2)9-10)24-19(26)16-12(3)23-20(27)25-18(16)17-13(21)5-4-6-14(17)22/h4-9,18H,1-3H3,(H,24,26)(H2,23,25,27). The van der Waals surface area contributed by atoms with E-state index in [0.29, 0.717) is 32.0 Å². The van der Waals surface area contributed by atoms with Crippen LogP contribution in [0.3, 0.4) is 0 Å². The summed E-state index contributed by atoms with van der Waals surface area (Å²) in [5.74, 6) is -0.247. The van der Waals surface area contributed by atoms with E-state index in [4.69, 9.17) is 35.4 Å². The Kier molecular flexibility index (Phi) is 5.75. The normalized spacial score (nSPS) is 16.6. The molecule has 2 aromatic rings. The number of carbonyl (C=O) groups excluding carboxylic acids is 1. The van der Waals surface area contributed by atoms with E-state index in [1.807, 2.05) is 39.0 Å². The topological polar surface area (TPSA) is 53.2 Å². The Morgan fingerprint density at radius 1 is 1.11 bits per heavy atom. The summed E-state index contributed by atoms with van der Waals surface area (Å²) in [7, 11) is 0. The van der Waals surface area contributed by atoms with Crippen molar-refractivity contribution in [1.29, 1.82) is 0 Å². The Balaban J connectivity index is 2.02. The van der Waals surface area contributed by atoms with E-state index >= 15 is 0 Å². The van der Waals surface area contributed by atoms with Gasteiger partial charge in [0, 0.05) is 27.0 Å². The number of carbonyl (C=O) groups is 1. The largest absolute Gasteiger partial charge is 0.351 e. The lowest BCUT2D eigenvalue weighted by Gasteiger charge is -2.31. The molecule has 0 saturated carbocycles. The number of amides is 1. The Morgan fingerprint density at radius 2 is 1.78 bits per heavy atom. The lowest BCUT2D eigenvalue weighted by molar-refractivity contribution is -0.113. The summed E-state index contributed by atoms with van der Waals surface area (Å²) in [5, 5.41) is 10.5. The maximum Gasteiger partial charge on any atom is 0.255 e. The molecular formula is C20H19Cl2N3OS. The van der Waals surface area contributed by atoms with Gasteiger partial charge in [0.05, 0.1) is 11.6 Å². The van der Waals surface area contributed by atoms with E-state index in [2.05, 4.69) is 16.0 Å². The molecule has 7 heteroatoms. The molecule has 1 atom stereocenters. The van der Waals surface area contributed by atoms with Crippen molar-refractivity contribution in [2.45, 2.75) is 26.8 Å². The van der Waals surface area contributed by atoms with E-state index < -0.39 is 6.04 Å². The first-order valence-electron chi connectivity index (χ1n) is 8.38. The van der Waals surface area contributed by atoms with Gasteiger partial charge in [0.25, 0.3) is 5.91 Å². The van der Waals surface area contributed by atoms with Crippen LogP contribution in [0.15, 0.2) is 47.7 Å². The van der Waals surface area contributed by atoms with Crippen LogP contribution in [-0.4, -0.2) is 11.0 Å². The van der Waals surface area contributed by atoms with Crippen LogP contribution in [0.25, 0.3) is 0 Å². The molecule has 1 amide bonds. The number of allylic oxidation sites excluding steroid dienone is 1. The average molecular weight is 420 g/mol. The van der Waals surface area contributed by atoms with Crippen molar-refractivity contribution < 1.29 is 4.79 Å². The quantitative estimate of drug-likeness (QED) is 0.609. The molecule has 1 aliphatic rings. The van der Waals surface area contributed by atoms with Gasteiger partial charge in [-0.25, -0.2) is 0 Å². The van der Waals surface area contributed by atoms with Gasteiger partial charge in [-0.05, 0) is 56.8 Å². The lowest BCUT2D eigenvalue weighted by Crippen LogP contribution is -2.46. The van der Waals surface area contributed by atoms with E-state index in [1.165, 1.54) is 0 Å². The minimum atomic E-state index is -0.550. The van der Waals surface area contributed by atoms with Crippen LogP contribution in [0.5, 0.6) is 0 Å². The number of benzene rings is 2. The number of aryl methyl sites for hydroxylation is 2. The van der Waals surface area contributed by atoms with Crippen molar-refractivity contribution in [3.05, 3.63) is 74.4 Å². The molecule has 3 N–H and O–H groups in total. The van der Waals surface area contributed by atoms with E-state index in [1.54, 1.807) is 18.2 Å². The number of rotatable bonds is 3. The molecule has 0 fully saturated rings. The molecule has 1 aliphatic heterocycles. The van der Waals surface area contributed by atoms with Crippen molar-refractivity contribution >= 4 is 52.1 Å². The highest BCUT2D eigenvalue weighted by molar-refractivity contribution is 7.80. The van der Waals surface area contributed by atoms with Crippen molar-refractivity contribution in [2.75, 3.05) is 5.32 Å². The highest BCUT2D eigenvalue weighted by Crippen LogP contribution is 2.36. The van der Waals surface area contributed by atoms with Crippen molar-refractivity contribution in [2.24, 2.45) is 0 Å². The summed E-state index contributed by atoms with van der Waals surface area (Å²) in [4.78, 5) is 13.1. The van der Waals surface area contributed by atoms with E-state index in [0.717, 1.165) is 16.8 Å². The molecule has 3 rings (SSSR count). The molecule has 0 saturated heterocycles. The Hall–Kier alpha value is -2.08. The van der Waals surface area contributed by atoms with Crippen LogP contribution in [0.4, 0.5) is 5.69 Å². The Bertz CT molecular complexity index is 951. The molecule has 140 valence electrons. The Labute approximate surface area is 173 Å². The van der Waals surface area contributed by atoms with Crippen LogP contribution in [0.1, 0.15) is 29.7 Å². The predicted octanol–water partition coefficient (Wildman–Crippen LogP) is 5.04. The van der Waals surface area contributed by atoms with Gasteiger partial charge in [0.1, 0.15) is 0 Å². The van der Waals surface area contributed by atoms with Crippen LogP contribution in [0, 0.1) is 13.8 Å². The SMILES string of the molecule is CC1=C(C(=O)Nc2ccc(C)cc2C)C(c2c(Cl)cccc2Cl)NC(=S)N1. The summed E-state index contributed by atoms with van der Waals surface area (Å²) in [5.41, 5.74) is 4.63. The zero-order chi connectivity index (χ0) is 19.7. The molecular weight excluding hydrogens is 401 g/mol. The first-order valence-corrected chi connectivity index (χ1v) is 9.55. The monoisotopic (exact) mass is 419 g/mol. The molecule has 1 unspecified atom stereocenters. The summed E-state index contributed by atoms with van der Waals surface area (Å²) in [6.45, 7) is 5.77. The van der Waals surface area contributed by atoms with Crippen LogP contribution in [-0.2, 0) is 4.79 Å². The third-order valence-corrected chi connectivity index (χ3v) is 5.31. The number of hydrogen-bond donors (Lipinski definition) is 3. The molecule has 1 heterocycles. The third-order valence-electron chi connectivity index (χ3n) is 4.43.